The second kappa shape index (κ2) is 8.03. The normalized spacial score (nSPS) is 10.7. The molecule has 0 atom stereocenters. The van der Waals surface area contributed by atoms with Crippen LogP contribution in [-0.4, -0.2) is 34.3 Å². The summed E-state index contributed by atoms with van der Waals surface area (Å²) in [6.45, 7) is 0. The smallest absolute Gasteiger partial charge is 0.406 e. The highest BCUT2D eigenvalue weighted by atomic mass is 19.4. The molecule has 0 aliphatic carbocycles. The van der Waals surface area contributed by atoms with Gasteiger partial charge in [0.05, 0.1) is 4.92 Å². The molecular formula is C13H12F3N7O4. The van der Waals surface area contributed by atoms with Crippen molar-refractivity contribution in [1.82, 2.24) is 15.4 Å². The lowest BCUT2D eigenvalue weighted by atomic mass is 10.3. The van der Waals surface area contributed by atoms with E-state index in [9.17, 15) is 28.1 Å². The Labute approximate surface area is 149 Å². The number of alkyl halides is 3. The Bertz CT molecular complexity index is 830. The number of rotatable bonds is 6. The number of halogens is 3. The molecule has 11 nitrogen and oxygen atoms in total. The lowest BCUT2D eigenvalue weighted by molar-refractivity contribution is -0.383. The number of nitrogens with zero attached hydrogens (tertiary/aromatic N) is 3. The van der Waals surface area contributed by atoms with Gasteiger partial charge < -0.3 is 15.4 Å². The molecule has 1 aromatic carbocycles. The minimum absolute atomic E-state index is 0.0695. The monoisotopic (exact) mass is 387 g/mol. The van der Waals surface area contributed by atoms with Crippen LogP contribution in [0.2, 0.25) is 0 Å². The summed E-state index contributed by atoms with van der Waals surface area (Å²) in [5.74, 6) is -0.800. The third-order valence-corrected chi connectivity index (χ3v) is 2.88. The summed E-state index contributed by atoms with van der Waals surface area (Å²) in [5, 5.41) is 15.9. The van der Waals surface area contributed by atoms with Gasteiger partial charge in [0.15, 0.2) is 0 Å². The first-order valence-electron chi connectivity index (χ1n) is 7.05. The van der Waals surface area contributed by atoms with Crippen molar-refractivity contribution in [3.05, 3.63) is 40.7 Å². The second-order valence-corrected chi connectivity index (χ2v) is 4.70. The number of benzene rings is 1. The fourth-order valence-electron chi connectivity index (χ4n) is 1.84. The van der Waals surface area contributed by atoms with Crippen molar-refractivity contribution in [3.8, 4) is 5.75 Å². The lowest BCUT2D eigenvalue weighted by Gasteiger charge is -2.11. The molecule has 0 unspecified atom stereocenters. The minimum Gasteiger partial charge on any atom is -0.406 e. The van der Waals surface area contributed by atoms with Gasteiger partial charge >= 0.3 is 18.1 Å². The fourth-order valence-corrected chi connectivity index (χ4v) is 1.84. The van der Waals surface area contributed by atoms with Crippen molar-refractivity contribution in [2.45, 2.75) is 6.36 Å². The Balaban J connectivity index is 1.98. The average molecular weight is 387 g/mol. The van der Waals surface area contributed by atoms with Crippen molar-refractivity contribution in [2.75, 3.05) is 23.1 Å². The zero-order valence-electron chi connectivity index (χ0n) is 13.5. The van der Waals surface area contributed by atoms with Crippen molar-refractivity contribution < 1.29 is 27.6 Å². The first kappa shape index (κ1) is 19.5. The van der Waals surface area contributed by atoms with E-state index in [2.05, 4.69) is 36.2 Å². The Morgan fingerprint density at radius 2 is 1.81 bits per heavy atom. The molecule has 4 N–H and O–H groups in total. The first-order valence-corrected chi connectivity index (χ1v) is 7.05. The number of carbonyl (C=O) groups excluding carboxylic acids is 1. The molecule has 144 valence electrons. The van der Waals surface area contributed by atoms with Crippen LogP contribution in [0.1, 0.15) is 0 Å². The minimum atomic E-state index is -4.82. The molecule has 14 heteroatoms. The molecule has 0 aliphatic heterocycles. The number of amides is 2. The van der Waals surface area contributed by atoms with Crippen LogP contribution in [0.4, 0.5) is 41.0 Å². The van der Waals surface area contributed by atoms with Crippen LogP contribution in [0, 0.1) is 10.1 Å². The van der Waals surface area contributed by atoms with Gasteiger partial charge in [0.2, 0.25) is 11.6 Å². The van der Waals surface area contributed by atoms with Crippen LogP contribution in [-0.2, 0) is 0 Å². The van der Waals surface area contributed by atoms with Gasteiger partial charge in [0.25, 0.3) is 0 Å². The highest BCUT2D eigenvalue weighted by Gasteiger charge is 2.31. The third-order valence-electron chi connectivity index (χ3n) is 2.88. The van der Waals surface area contributed by atoms with E-state index in [1.54, 1.807) is 0 Å². The molecule has 0 spiro atoms. The van der Waals surface area contributed by atoms with Crippen LogP contribution >= 0.6 is 0 Å². The number of hydrazine groups is 1. The largest absolute Gasteiger partial charge is 0.573 e. The van der Waals surface area contributed by atoms with Crippen molar-refractivity contribution in [3.63, 3.8) is 0 Å². The van der Waals surface area contributed by atoms with Crippen LogP contribution in [0.5, 0.6) is 5.75 Å². The van der Waals surface area contributed by atoms with Crippen molar-refractivity contribution >= 4 is 29.0 Å². The van der Waals surface area contributed by atoms with E-state index in [1.165, 1.54) is 19.2 Å². The number of aromatic nitrogens is 2. The van der Waals surface area contributed by atoms with E-state index < -0.39 is 28.8 Å². The van der Waals surface area contributed by atoms with E-state index in [0.717, 1.165) is 18.5 Å². The third kappa shape index (κ3) is 5.58. The molecule has 2 amide bonds. The van der Waals surface area contributed by atoms with Crippen molar-refractivity contribution in [2.24, 2.45) is 0 Å². The van der Waals surface area contributed by atoms with E-state index in [-0.39, 0.29) is 17.3 Å². The van der Waals surface area contributed by atoms with E-state index >= 15 is 0 Å². The summed E-state index contributed by atoms with van der Waals surface area (Å²) in [4.78, 5) is 29.5. The highest BCUT2D eigenvalue weighted by molar-refractivity contribution is 5.90. The molecule has 0 aliphatic rings. The second-order valence-electron chi connectivity index (χ2n) is 4.70. The molecule has 2 rings (SSSR count). The number of ether oxygens (including phenoxy) is 1. The summed E-state index contributed by atoms with van der Waals surface area (Å²) in [5.41, 5.74) is 4.03. The van der Waals surface area contributed by atoms with E-state index in [1.807, 2.05) is 0 Å². The molecule has 0 saturated carbocycles. The molecule has 0 fully saturated rings. The first-order chi connectivity index (χ1) is 12.7. The quantitative estimate of drug-likeness (QED) is 0.437. The molecule has 0 radical (unpaired) electrons. The number of hydrogen-bond donors (Lipinski definition) is 4. The Kier molecular flexibility index (Phi) is 5.79. The van der Waals surface area contributed by atoms with Gasteiger partial charge in [-0.25, -0.2) is 20.2 Å². The molecular weight excluding hydrogens is 375 g/mol. The van der Waals surface area contributed by atoms with Gasteiger partial charge in [-0.2, -0.15) is 0 Å². The van der Waals surface area contributed by atoms with Gasteiger partial charge in [-0.3, -0.25) is 15.5 Å². The van der Waals surface area contributed by atoms with Gasteiger partial charge in [-0.15, -0.1) is 13.2 Å². The molecule has 2 aromatic rings. The number of urea groups is 1. The number of carbonyl (C=O) groups is 1. The summed E-state index contributed by atoms with van der Waals surface area (Å²) >= 11 is 0. The standard InChI is InChI=1S/C13H12F3N7O4/c1-17-10-9(23(25)26)11(19-6-18-10)21-22-12(24)20-7-2-4-8(5-3-7)27-13(14,15)16/h2-6H,1H3,(H2,20,22,24)(H2,17,18,19,21). The fraction of sp³-hybridized carbons (Fsp3) is 0.154. The maximum absolute atomic E-state index is 12.1. The predicted molar refractivity (Wildman–Crippen MR) is 87.1 cm³/mol. The summed E-state index contributed by atoms with van der Waals surface area (Å²) in [6, 6.07) is 3.51. The summed E-state index contributed by atoms with van der Waals surface area (Å²) < 4.78 is 40.0. The number of nitro groups is 1. The number of nitrogens with one attached hydrogen (secondary N) is 4. The predicted octanol–water partition coefficient (Wildman–Crippen LogP) is 2.47. The van der Waals surface area contributed by atoms with Crippen LogP contribution in [0.3, 0.4) is 0 Å². The molecule has 1 aromatic heterocycles. The number of hydrogen-bond acceptors (Lipinski definition) is 8. The molecule has 1 heterocycles. The van der Waals surface area contributed by atoms with Gasteiger partial charge in [-0.05, 0) is 24.3 Å². The van der Waals surface area contributed by atoms with E-state index in [4.69, 9.17) is 0 Å². The summed E-state index contributed by atoms with van der Waals surface area (Å²) in [6.07, 6.45) is -3.78. The average Bonchev–Trinajstić information content (AvgIpc) is 2.59. The maximum atomic E-state index is 12.1. The van der Waals surface area contributed by atoms with Gasteiger partial charge in [-0.1, -0.05) is 0 Å². The number of anilines is 3. The Morgan fingerprint density at radius 1 is 1.19 bits per heavy atom. The van der Waals surface area contributed by atoms with Crippen LogP contribution in [0.15, 0.2) is 30.6 Å². The van der Waals surface area contributed by atoms with Crippen LogP contribution < -0.4 is 26.2 Å². The molecule has 27 heavy (non-hydrogen) atoms. The molecule has 0 bridgehead atoms. The summed E-state index contributed by atoms with van der Waals surface area (Å²) in [7, 11) is 1.42. The van der Waals surface area contributed by atoms with Crippen molar-refractivity contribution in [1.29, 1.82) is 0 Å². The Hall–Kier alpha value is -3.84. The Morgan fingerprint density at radius 3 is 2.37 bits per heavy atom. The highest BCUT2D eigenvalue weighted by Crippen LogP contribution is 2.27. The SMILES string of the molecule is CNc1ncnc(NNC(=O)Nc2ccc(OC(F)(F)F)cc2)c1[N+](=O)[O-]. The van der Waals surface area contributed by atoms with E-state index in [0.29, 0.717) is 0 Å². The lowest BCUT2D eigenvalue weighted by Crippen LogP contribution is -2.34. The van der Waals surface area contributed by atoms with Gasteiger partial charge in [0.1, 0.15) is 12.1 Å². The zero-order chi connectivity index (χ0) is 20.0. The van der Waals surface area contributed by atoms with Crippen LogP contribution in [0.25, 0.3) is 0 Å². The molecule has 0 saturated heterocycles. The van der Waals surface area contributed by atoms with Gasteiger partial charge in [0, 0.05) is 12.7 Å². The maximum Gasteiger partial charge on any atom is 0.573 e. The topological polar surface area (TPSA) is 143 Å². The zero-order valence-corrected chi connectivity index (χ0v) is 13.5.